The first-order chi connectivity index (χ1) is 9.11. The highest BCUT2D eigenvalue weighted by atomic mass is 16.6. The summed E-state index contributed by atoms with van der Waals surface area (Å²) in [7, 11) is 0. The van der Waals surface area contributed by atoms with Crippen LogP contribution in [0.4, 0.5) is 5.69 Å². The number of nitrogens with zero attached hydrogens (tertiary/aromatic N) is 2. The first kappa shape index (κ1) is 13.1. The van der Waals surface area contributed by atoms with E-state index in [1.165, 1.54) is 18.2 Å². The maximum atomic E-state index is 10.7. The van der Waals surface area contributed by atoms with Gasteiger partial charge in [-0.3, -0.25) is 10.1 Å². The molecule has 1 aromatic rings. The molecular formula is C12H15N3O4. The largest absolute Gasteiger partial charge is 0.490 e. The van der Waals surface area contributed by atoms with Gasteiger partial charge in [-0.25, -0.2) is 0 Å². The third kappa shape index (κ3) is 2.93. The maximum Gasteiger partial charge on any atom is 0.270 e. The Morgan fingerprint density at radius 1 is 1.47 bits per heavy atom. The number of non-ortho nitro benzene ring substituents is 1. The molecule has 1 saturated carbocycles. The van der Waals surface area contributed by atoms with Gasteiger partial charge in [0.1, 0.15) is 5.75 Å². The summed E-state index contributed by atoms with van der Waals surface area (Å²) >= 11 is 0. The number of nitro benzene ring substituents is 1. The van der Waals surface area contributed by atoms with E-state index >= 15 is 0 Å². The standard InChI is InChI=1S/C12H15N3O4/c13-12(14-16)10-7-8(15(17)18)5-6-11(10)19-9-3-1-2-4-9/h5-7,9,16H,1-4H2,(H2,13,14). The molecule has 1 aliphatic rings. The highest BCUT2D eigenvalue weighted by Crippen LogP contribution is 2.29. The van der Waals surface area contributed by atoms with Crippen LogP contribution in [0.2, 0.25) is 0 Å². The summed E-state index contributed by atoms with van der Waals surface area (Å²) in [5, 5.41) is 22.4. The topological polar surface area (TPSA) is 111 Å². The number of nitrogens with two attached hydrogens (primary N) is 1. The second-order valence-corrected chi connectivity index (χ2v) is 4.45. The molecule has 1 aromatic carbocycles. The molecule has 1 fully saturated rings. The van der Waals surface area contributed by atoms with Gasteiger partial charge < -0.3 is 15.7 Å². The van der Waals surface area contributed by atoms with Crippen LogP contribution in [0.25, 0.3) is 0 Å². The van der Waals surface area contributed by atoms with Crippen LogP contribution in [-0.2, 0) is 0 Å². The zero-order chi connectivity index (χ0) is 13.8. The van der Waals surface area contributed by atoms with Gasteiger partial charge >= 0.3 is 0 Å². The Kier molecular flexibility index (Phi) is 3.84. The highest BCUT2D eigenvalue weighted by molar-refractivity contribution is 6.00. The van der Waals surface area contributed by atoms with E-state index in [1.54, 1.807) is 0 Å². The molecule has 3 N–H and O–H groups in total. The molecule has 0 bridgehead atoms. The number of benzene rings is 1. The molecule has 0 saturated heterocycles. The minimum atomic E-state index is -0.534. The molecule has 2 rings (SSSR count). The average Bonchev–Trinajstić information content (AvgIpc) is 2.91. The predicted molar refractivity (Wildman–Crippen MR) is 68.5 cm³/mol. The first-order valence-electron chi connectivity index (χ1n) is 6.05. The van der Waals surface area contributed by atoms with Gasteiger partial charge in [-0.15, -0.1) is 0 Å². The molecule has 7 heteroatoms. The molecule has 1 aliphatic carbocycles. The number of hydrogen-bond donors (Lipinski definition) is 2. The van der Waals surface area contributed by atoms with Crippen molar-refractivity contribution in [2.75, 3.05) is 0 Å². The van der Waals surface area contributed by atoms with Crippen molar-refractivity contribution < 1.29 is 14.9 Å². The molecule has 0 radical (unpaired) electrons. The molecule has 0 atom stereocenters. The molecule has 7 nitrogen and oxygen atoms in total. The second kappa shape index (κ2) is 5.55. The molecule has 0 amide bonds. The number of ether oxygens (including phenoxy) is 1. The smallest absolute Gasteiger partial charge is 0.270 e. The van der Waals surface area contributed by atoms with Crippen LogP contribution >= 0.6 is 0 Å². The minimum Gasteiger partial charge on any atom is -0.490 e. The van der Waals surface area contributed by atoms with E-state index in [2.05, 4.69) is 5.16 Å². The van der Waals surface area contributed by atoms with E-state index in [0.717, 1.165) is 25.7 Å². The molecule has 0 heterocycles. The third-order valence-corrected chi connectivity index (χ3v) is 3.15. The molecule has 0 aromatic heterocycles. The van der Waals surface area contributed by atoms with E-state index in [1.807, 2.05) is 0 Å². The Morgan fingerprint density at radius 2 is 2.16 bits per heavy atom. The molecule has 102 valence electrons. The normalized spacial score (nSPS) is 16.5. The fourth-order valence-electron chi connectivity index (χ4n) is 2.17. The summed E-state index contributed by atoms with van der Waals surface area (Å²) in [6.45, 7) is 0. The van der Waals surface area contributed by atoms with Crippen LogP contribution in [0.15, 0.2) is 23.4 Å². The lowest BCUT2D eigenvalue weighted by atomic mass is 10.1. The molecule has 19 heavy (non-hydrogen) atoms. The fourth-order valence-corrected chi connectivity index (χ4v) is 2.17. The molecule has 0 spiro atoms. The van der Waals surface area contributed by atoms with E-state index in [-0.39, 0.29) is 23.2 Å². The number of amidine groups is 1. The van der Waals surface area contributed by atoms with Crippen molar-refractivity contribution in [1.82, 2.24) is 0 Å². The van der Waals surface area contributed by atoms with E-state index < -0.39 is 4.92 Å². The van der Waals surface area contributed by atoms with Gasteiger partial charge in [0.15, 0.2) is 5.84 Å². The van der Waals surface area contributed by atoms with E-state index in [0.29, 0.717) is 5.75 Å². The minimum absolute atomic E-state index is 0.0895. The fraction of sp³-hybridized carbons (Fsp3) is 0.417. The van der Waals surface area contributed by atoms with Gasteiger partial charge in [0, 0.05) is 12.1 Å². The van der Waals surface area contributed by atoms with Crippen molar-refractivity contribution in [2.45, 2.75) is 31.8 Å². The summed E-state index contributed by atoms with van der Waals surface area (Å²) in [6, 6.07) is 4.08. The van der Waals surface area contributed by atoms with Crippen molar-refractivity contribution in [3.63, 3.8) is 0 Å². The third-order valence-electron chi connectivity index (χ3n) is 3.15. The number of oxime groups is 1. The SMILES string of the molecule is NC(=NO)c1cc([N+](=O)[O-])ccc1OC1CCCC1. The van der Waals surface area contributed by atoms with Crippen LogP contribution in [0.5, 0.6) is 5.75 Å². The maximum absolute atomic E-state index is 10.7. The second-order valence-electron chi connectivity index (χ2n) is 4.45. The first-order valence-corrected chi connectivity index (χ1v) is 6.05. The van der Waals surface area contributed by atoms with Gasteiger partial charge in [0.25, 0.3) is 5.69 Å². The summed E-state index contributed by atoms with van der Waals surface area (Å²) in [4.78, 5) is 10.2. The van der Waals surface area contributed by atoms with Crippen molar-refractivity contribution in [3.05, 3.63) is 33.9 Å². The Labute approximate surface area is 109 Å². The van der Waals surface area contributed by atoms with Gasteiger partial charge in [-0.1, -0.05) is 5.16 Å². The van der Waals surface area contributed by atoms with Crippen molar-refractivity contribution in [1.29, 1.82) is 0 Å². The van der Waals surface area contributed by atoms with E-state index in [4.69, 9.17) is 15.7 Å². The van der Waals surface area contributed by atoms with Gasteiger partial charge in [-0.2, -0.15) is 0 Å². The van der Waals surface area contributed by atoms with E-state index in [9.17, 15) is 10.1 Å². The van der Waals surface area contributed by atoms with Crippen molar-refractivity contribution in [2.24, 2.45) is 10.9 Å². The molecule has 0 unspecified atom stereocenters. The Hall–Kier alpha value is -2.31. The number of hydrogen-bond acceptors (Lipinski definition) is 5. The number of rotatable bonds is 4. The lowest BCUT2D eigenvalue weighted by Gasteiger charge is -2.15. The summed E-state index contributed by atoms with van der Waals surface area (Å²) < 4.78 is 5.77. The summed E-state index contributed by atoms with van der Waals surface area (Å²) in [6.07, 6.45) is 4.21. The monoisotopic (exact) mass is 265 g/mol. The highest BCUT2D eigenvalue weighted by Gasteiger charge is 2.21. The van der Waals surface area contributed by atoms with Gasteiger partial charge in [-0.05, 0) is 31.7 Å². The van der Waals surface area contributed by atoms with Crippen LogP contribution in [0, 0.1) is 10.1 Å². The summed E-state index contributed by atoms with van der Waals surface area (Å²) in [5.74, 6) is 0.212. The lowest BCUT2D eigenvalue weighted by Crippen LogP contribution is -2.18. The Bertz CT molecular complexity index is 510. The average molecular weight is 265 g/mol. The zero-order valence-corrected chi connectivity index (χ0v) is 10.3. The van der Waals surface area contributed by atoms with Crippen LogP contribution < -0.4 is 10.5 Å². The molecular weight excluding hydrogens is 250 g/mol. The summed E-state index contributed by atoms with van der Waals surface area (Å²) in [5.41, 5.74) is 5.65. The zero-order valence-electron chi connectivity index (χ0n) is 10.3. The van der Waals surface area contributed by atoms with Crippen LogP contribution in [-0.4, -0.2) is 22.1 Å². The quantitative estimate of drug-likeness (QED) is 0.284. The predicted octanol–water partition coefficient (Wildman–Crippen LogP) is 2.01. The Morgan fingerprint density at radius 3 is 2.74 bits per heavy atom. The van der Waals surface area contributed by atoms with Crippen LogP contribution in [0.3, 0.4) is 0 Å². The van der Waals surface area contributed by atoms with Gasteiger partial charge in [0.05, 0.1) is 16.6 Å². The van der Waals surface area contributed by atoms with Crippen molar-refractivity contribution >= 4 is 11.5 Å². The van der Waals surface area contributed by atoms with Crippen molar-refractivity contribution in [3.8, 4) is 5.75 Å². The molecule has 0 aliphatic heterocycles. The number of nitro groups is 1. The Balaban J connectivity index is 2.32. The van der Waals surface area contributed by atoms with Crippen LogP contribution in [0.1, 0.15) is 31.2 Å². The van der Waals surface area contributed by atoms with Gasteiger partial charge in [0.2, 0.25) is 0 Å². The lowest BCUT2D eigenvalue weighted by molar-refractivity contribution is -0.384.